The summed E-state index contributed by atoms with van der Waals surface area (Å²) in [5.41, 5.74) is 8.93. The fourth-order valence-corrected chi connectivity index (χ4v) is 13.5. The summed E-state index contributed by atoms with van der Waals surface area (Å²) in [6, 6.07) is 13.9. The van der Waals surface area contributed by atoms with Crippen LogP contribution < -0.4 is 31.9 Å². The summed E-state index contributed by atoms with van der Waals surface area (Å²) in [5.74, 6) is 1.90. The van der Waals surface area contributed by atoms with E-state index in [-0.39, 0.29) is 53.1 Å². The van der Waals surface area contributed by atoms with Gasteiger partial charge in [-0.3, -0.25) is 9.97 Å². The number of fused-ring (bicyclic) bond motifs is 3. The van der Waals surface area contributed by atoms with Gasteiger partial charge in [-0.25, -0.2) is 34.6 Å². The lowest BCUT2D eigenvalue weighted by molar-refractivity contribution is -0.139. The average Bonchev–Trinajstić information content (AvgIpc) is 1.47. The third-order valence-corrected chi connectivity index (χ3v) is 18.7. The van der Waals surface area contributed by atoms with Gasteiger partial charge in [-0.05, 0) is 122 Å². The molecule has 0 amide bonds. The number of allylic oxidation sites excluding steroid dienone is 3. The molecule has 100 heavy (non-hydrogen) atoms. The van der Waals surface area contributed by atoms with Gasteiger partial charge in [0.25, 0.3) is 0 Å². The predicted molar refractivity (Wildman–Crippen MR) is 356 cm³/mol. The molecule has 1 aromatic carbocycles. The maximum absolute atomic E-state index is 13.9. The van der Waals surface area contributed by atoms with Crippen LogP contribution in [0.1, 0.15) is 143 Å². The summed E-state index contributed by atoms with van der Waals surface area (Å²) in [6.45, 7) is 14.6. The van der Waals surface area contributed by atoms with Crippen LogP contribution in [0.4, 0.5) is 57.4 Å². The molecule has 3 saturated heterocycles. The van der Waals surface area contributed by atoms with Crippen molar-refractivity contribution in [1.29, 1.82) is 0 Å². The van der Waals surface area contributed by atoms with Gasteiger partial charge in [0.1, 0.15) is 28.2 Å². The van der Waals surface area contributed by atoms with E-state index >= 15 is 0 Å². The molecule has 6 aliphatic rings. The molecule has 0 unspecified atom stereocenters. The zero-order valence-electron chi connectivity index (χ0n) is 55.7. The minimum absolute atomic E-state index is 0.0601. The number of nitrogens with zero attached hydrogens (tertiary/aromatic N) is 13. The topological polar surface area (TPSA) is 258 Å². The summed E-state index contributed by atoms with van der Waals surface area (Å²) in [5, 5.41) is 35.4. The zero-order chi connectivity index (χ0) is 70.4. The van der Waals surface area contributed by atoms with Gasteiger partial charge in [0.15, 0.2) is 0 Å². The number of halogens is 9. The van der Waals surface area contributed by atoms with Crippen molar-refractivity contribution in [2.45, 2.75) is 148 Å². The summed E-state index contributed by atoms with van der Waals surface area (Å²) in [7, 11) is 1.80. The molecule has 0 saturated carbocycles. The molecule has 3 aliphatic heterocycles. The number of piperidine rings is 3. The van der Waals surface area contributed by atoms with Gasteiger partial charge in [0.2, 0.25) is 17.8 Å². The van der Waals surface area contributed by atoms with Gasteiger partial charge in [0, 0.05) is 122 Å². The highest BCUT2D eigenvalue weighted by molar-refractivity contribution is 5.88. The zero-order valence-corrected chi connectivity index (χ0v) is 55.7. The van der Waals surface area contributed by atoms with Gasteiger partial charge in [-0.15, -0.1) is 5.10 Å². The van der Waals surface area contributed by atoms with Crippen LogP contribution in [0, 0.1) is 27.7 Å². The Hall–Kier alpha value is -9.81. The van der Waals surface area contributed by atoms with E-state index in [9.17, 15) is 39.5 Å². The van der Waals surface area contributed by atoms with Gasteiger partial charge >= 0.3 is 18.5 Å². The first-order valence-corrected chi connectivity index (χ1v) is 33.1. The summed E-state index contributed by atoms with van der Waals surface area (Å²) >= 11 is 0. The molecule has 0 radical (unpaired) electrons. The van der Waals surface area contributed by atoms with Crippen molar-refractivity contribution in [3.63, 3.8) is 0 Å². The number of hydrogen-bond donors (Lipinski definition) is 6. The molecule has 15 rings (SSSR count). The van der Waals surface area contributed by atoms with Crippen LogP contribution in [-0.4, -0.2) is 122 Å². The van der Waals surface area contributed by atoms with Gasteiger partial charge < -0.3 is 40.9 Å². The van der Waals surface area contributed by atoms with Crippen molar-refractivity contribution in [3.05, 3.63) is 176 Å². The van der Waals surface area contributed by atoms with Crippen molar-refractivity contribution in [2.24, 2.45) is 7.05 Å². The van der Waals surface area contributed by atoms with E-state index in [1.165, 1.54) is 0 Å². The molecule has 522 valence electrons. The number of alkyl halides is 9. The molecule has 0 bridgehead atoms. The molecule has 6 N–H and O–H groups in total. The third-order valence-electron chi connectivity index (χ3n) is 18.7. The second-order valence-electron chi connectivity index (χ2n) is 25.9. The highest BCUT2D eigenvalue weighted by atomic mass is 19.4. The Morgan fingerprint density at radius 1 is 0.510 bits per heavy atom. The van der Waals surface area contributed by atoms with E-state index in [2.05, 4.69) is 96.3 Å². The van der Waals surface area contributed by atoms with E-state index in [0.717, 1.165) is 104 Å². The SMILES string of the molecule is Cc1noc(C)c1-c1ccc2c(n1)CC=C2c1nc(N[C@@H]2CC[C@@H](C)NC2)ncc1C(F)(F)F.Cc1noc(C)c1-c1ccc2c(n1)CC=C2c1nc(N[C@H]2CC[C@H](C)NC2)ncc1C(F)(F)F.Cn1nncc1-c1ccc2c(c1)CC=C2c1nc(N[C@H]2CCCNC2)ncc1C(F)(F)F. The number of nitrogens with one attached hydrogen (secondary N) is 6. The van der Waals surface area contributed by atoms with Crippen LogP contribution in [0.25, 0.3) is 50.5 Å². The Kier molecular flexibility index (Phi) is 19.3. The van der Waals surface area contributed by atoms with E-state index in [4.69, 9.17) is 19.0 Å². The normalized spacial score (nSPS) is 19.6. The number of hydrogen-bond acceptors (Lipinski definition) is 20. The van der Waals surface area contributed by atoms with Gasteiger partial charge in [-0.1, -0.05) is 58.0 Å². The van der Waals surface area contributed by atoms with Crippen LogP contribution in [-0.2, 0) is 44.8 Å². The first kappa shape index (κ1) is 68.7. The number of anilines is 3. The van der Waals surface area contributed by atoms with Crippen LogP contribution in [0.3, 0.4) is 0 Å². The highest BCUT2D eigenvalue weighted by Gasteiger charge is 2.41. The van der Waals surface area contributed by atoms with Crippen molar-refractivity contribution < 1.29 is 48.6 Å². The Balaban J connectivity index is 0.000000134. The van der Waals surface area contributed by atoms with Crippen molar-refractivity contribution in [2.75, 3.05) is 42.1 Å². The van der Waals surface area contributed by atoms with Crippen LogP contribution in [0.5, 0.6) is 0 Å². The fraction of sp³-hybridized carbons (Fsp3) is 0.400. The van der Waals surface area contributed by atoms with E-state index in [1.54, 1.807) is 74.3 Å². The summed E-state index contributed by atoms with van der Waals surface area (Å²) in [4.78, 5) is 34.4. The molecular formula is C70H72F9N19O2. The Labute approximate surface area is 568 Å². The average molecular weight is 1380 g/mol. The quantitative estimate of drug-likeness (QED) is 0.0621. The monoisotopic (exact) mass is 1380 g/mol. The number of aryl methyl sites for hydroxylation is 5. The summed E-state index contributed by atoms with van der Waals surface area (Å²) in [6.07, 6.45) is 2.89. The van der Waals surface area contributed by atoms with Crippen LogP contribution >= 0.6 is 0 Å². The molecule has 21 nitrogen and oxygen atoms in total. The molecule has 9 aromatic rings. The van der Waals surface area contributed by atoms with Gasteiger partial charge in [-0.2, -0.15) is 39.5 Å². The molecule has 3 fully saturated rings. The number of aromatic nitrogens is 13. The van der Waals surface area contributed by atoms with Crippen LogP contribution in [0.2, 0.25) is 0 Å². The standard InChI is InChI=1S/2C24H25F3N6O.C22H22F3N7/c2*1-12-4-5-15(10-28-12)30-23-29-11-18(24(25,26)27)22(32-23)17-7-8-19-16(17)6-9-20(31-19)21-13(2)33-34-14(21)3;1-32-19(12-28-31-32)14-5-6-16-13(9-14)4-7-17(16)20-18(22(23,24)25)11-27-21(30-20)29-15-3-2-8-26-10-15/h2*6-7,9,11-12,15,28H,4-5,8,10H2,1-3H3,(H,29,30,32);5-7,9,11-12,15,26H,2-4,8,10H2,1H3,(H,27,29,30)/t2*12-,15-;15-/m100/s1. The summed E-state index contributed by atoms with van der Waals surface area (Å²) < 4.78 is 137. The lowest BCUT2D eigenvalue weighted by atomic mass is 9.98. The molecule has 30 heteroatoms. The Morgan fingerprint density at radius 2 is 0.950 bits per heavy atom. The molecule has 11 heterocycles. The van der Waals surface area contributed by atoms with Crippen molar-refractivity contribution >= 4 is 34.6 Å². The Morgan fingerprint density at radius 3 is 1.34 bits per heavy atom. The number of benzene rings is 1. The van der Waals surface area contributed by atoms with Gasteiger partial charge in [0.05, 0.1) is 74.3 Å². The maximum Gasteiger partial charge on any atom is 0.419 e. The maximum atomic E-state index is 13.9. The fourth-order valence-electron chi connectivity index (χ4n) is 13.5. The first-order valence-electron chi connectivity index (χ1n) is 33.1. The largest absolute Gasteiger partial charge is 0.419 e. The molecule has 3 aliphatic carbocycles. The van der Waals surface area contributed by atoms with Crippen LogP contribution in [0.15, 0.2) is 94.5 Å². The van der Waals surface area contributed by atoms with E-state index < -0.39 is 35.2 Å². The molecule has 0 spiro atoms. The third kappa shape index (κ3) is 14.8. The highest BCUT2D eigenvalue weighted by Crippen LogP contribution is 2.44. The number of rotatable bonds is 12. The second-order valence-corrected chi connectivity index (χ2v) is 25.9. The van der Waals surface area contributed by atoms with Crippen molar-refractivity contribution in [3.8, 4) is 33.8 Å². The predicted octanol–water partition coefficient (Wildman–Crippen LogP) is 12.8. The smallest absolute Gasteiger partial charge is 0.361 e. The first-order chi connectivity index (χ1) is 47.8. The molecule has 5 atom stereocenters. The minimum atomic E-state index is -4.58. The second kappa shape index (κ2) is 28.1. The van der Waals surface area contributed by atoms with E-state index in [0.29, 0.717) is 118 Å². The lowest BCUT2D eigenvalue weighted by Crippen LogP contribution is -2.43. The lowest BCUT2D eigenvalue weighted by Gasteiger charge is -2.28. The number of pyridine rings is 2. The Bertz CT molecular complexity index is 4370. The minimum Gasteiger partial charge on any atom is -0.361 e. The van der Waals surface area contributed by atoms with Crippen molar-refractivity contribution in [1.82, 2.24) is 81.1 Å². The van der Waals surface area contributed by atoms with E-state index in [1.807, 2.05) is 32.0 Å². The molecule has 8 aromatic heterocycles. The molecular weight excluding hydrogens is 1310 g/mol.